The van der Waals surface area contributed by atoms with Gasteiger partial charge in [-0.1, -0.05) is 68.3 Å². The largest absolute Gasteiger partial charge is 0.481 e. The number of unbranched alkanes of at least 4 members (excludes halogenated alkanes) is 1. The van der Waals surface area contributed by atoms with Crippen LogP contribution in [0.4, 0.5) is 4.79 Å². The number of alkyl carbamates (subject to hydrolysis) is 1. The van der Waals surface area contributed by atoms with Crippen LogP contribution in [0.2, 0.25) is 0 Å². The first-order valence-electron chi connectivity index (χ1n) is 12.5. The second kappa shape index (κ2) is 10.9. The fourth-order valence-corrected chi connectivity index (χ4v) is 5.27. The predicted molar refractivity (Wildman–Crippen MR) is 133 cm³/mol. The lowest BCUT2D eigenvalue weighted by Crippen LogP contribution is -2.56. The van der Waals surface area contributed by atoms with Gasteiger partial charge < -0.3 is 20.5 Å². The van der Waals surface area contributed by atoms with Crippen molar-refractivity contribution in [3.8, 4) is 11.1 Å². The van der Waals surface area contributed by atoms with Crippen molar-refractivity contribution in [2.24, 2.45) is 0 Å². The topological polar surface area (TPSA) is 105 Å². The van der Waals surface area contributed by atoms with E-state index in [9.17, 15) is 14.4 Å². The van der Waals surface area contributed by atoms with Crippen molar-refractivity contribution in [1.82, 2.24) is 10.6 Å². The molecule has 2 aromatic rings. The molecule has 3 N–H and O–H groups in total. The maximum absolute atomic E-state index is 12.8. The van der Waals surface area contributed by atoms with E-state index in [4.69, 9.17) is 9.84 Å². The minimum Gasteiger partial charge on any atom is -0.481 e. The lowest BCUT2D eigenvalue weighted by molar-refractivity contribution is -0.137. The Kier molecular flexibility index (Phi) is 7.73. The molecule has 0 aliphatic heterocycles. The second-order valence-corrected chi connectivity index (χ2v) is 9.77. The average molecular weight is 479 g/mol. The van der Waals surface area contributed by atoms with E-state index in [1.165, 1.54) is 11.1 Å². The molecule has 0 unspecified atom stereocenters. The molecule has 1 fully saturated rings. The Morgan fingerprint density at radius 3 is 2.23 bits per heavy atom. The van der Waals surface area contributed by atoms with E-state index in [-0.39, 0.29) is 31.3 Å². The van der Waals surface area contributed by atoms with Crippen LogP contribution in [0.1, 0.15) is 75.3 Å². The minimum absolute atomic E-state index is 0.0240. The third-order valence-electron chi connectivity index (χ3n) is 7.21. The van der Waals surface area contributed by atoms with E-state index >= 15 is 0 Å². The molecule has 4 rings (SSSR count). The molecule has 0 radical (unpaired) electrons. The van der Waals surface area contributed by atoms with Gasteiger partial charge in [0.25, 0.3) is 0 Å². The van der Waals surface area contributed by atoms with Gasteiger partial charge in [0, 0.05) is 18.4 Å². The number of rotatable bonds is 11. The summed E-state index contributed by atoms with van der Waals surface area (Å²) in [5.41, 5.74) is 4.00. The van der Waals surface area contributed by atoms with E-state index < -0.39 is 23.6 Å². The van der Waals surface area contributed by atoms with Crippen LogP contribution < -0.4 is 10.6 Å². The molecule has 0 spiro atoms. The second-order valence-electron chi connectivity index (χ2n) is 9.77. The first-order valence-corrected chi connectivity index (χ1v) is 12.5. The van der Waals surface area contributed by atoms with Gasteiger partial charge >= 0.3 is 12.1 Å². The van der Waals surface area contributed by atoms with Crippen LogP contribution in [-0.4, -0.2) is 41.3 Å². The molecule has 186 valence electrons. The molecule has 2 amide bonds. The van der Waals surface area contributed by atoms with Gasteiger partial charge in [0.1, 0.15) is 6.61 Å². The zero-order valence-electron chi connectivity index (χ0n) is 20.2. The number of benzene rings is 2. The van der Waals surface area contributed by atoms with Crippen molar-refractivity contribution < 1.29 is 24.2 Å². The molecule has 1 atom stereocenters. The summed E-state index contributed by atoms with van der Waals surface area (Å²) >= 11 is 0. The third kappa shape index (κ3) is 5.84. The molecule has 1 saturated carbocycles. The summed E-state index contributed by atoms with van der Waals surface area (Å²) in [6, 6.07) is 16.0. The fraction of sp³-hybridized carbons (Fsp3) is 0.464. The number of aliphatic carboxylic acids is 1. The quantitative estimate of drug-likeness (QED) is 0.422. The highest BCUT2D eigenvalue weighted by molar-refractivity contribution is 5.81. The number of carbonyl (C=O) groups excluding carboxylic acids is 2. The highest BCUT2D eigenvalue weighted by Crippen LogP contribution is 2.44. The van der Waals surface area contributed by atoms with E-state index in [1.807, 2.05) is 31.2 Å². The molecule has 2 aliphatic carbocycles. The van der Waals surface area contributed by atoms with E-state index in [0.717, 1.165) is 30.4 Å². The molecule has 0 aromatic heterocycles. The molecule has 0 saturated heterocycles. The number of carboxylic acid groups (broad SMARTS) is 1. The predicted octanol–water partition coefficient (Wildman–Crippen LogP) is 4.99. The number of amides is 2. The van der Waals surface area contributed by atoms with Gasteiger partial charge in [-0.25, -0.2) is 4.79 Å². The molecule has 2 aromatic carbocycles. The standard InChI is InChI=1S/C28H34N2O5/c1-2-3-9-19(16-26(32)33)29-25(31)17-28(14-8-15-28)30-27(34)35-18-24-22-12-6-4-10-20(22)21-11-5-7-13-23(21)24/h4-7,10-13,19,24H,2-3,8-9,14-18H2,1H3,(H,29,31)(H,30,34)(H,32,33)/t19-/m0/s1. The first kappa shape index (κ1) is 24.8. The third-order valence-corrected chi connectivity index (χ3v) is 7.21. The van der Waals surface area contributed by atoms with Gasteiger partial charge in [0.05, 0.1) is 12.0 Å². The number of carbonyl (C=O) groups is 3. The SMILES string of the molecule is CCCC[C@@H](CC(=O)O)NC(=O)CC1(NC(=O)OCC2c3ccccc3-c3ccccc32)CCC1. The summed E-state index contributed by atoms with van der Waals surface area (Å²) in [5.74, 6) is -1.18. The average Bonchev–Trinajstić information content (AvgIpc) is 3.13. The monoisotopic (exact) mass is 478 g/mol. The maximum atomic E-state index is 12.8. The van der Waals surface area contributed by atoms with Crippen molar-refractivity contribution >= 4 is 18.0 Å². The summed E-state index contributed by atoms with van der Waals surface area (Å²) < 4.78 is 5.68. The van der Waals surface area contributed by atoms with Crippen molar-refractivity contribution in [2.75, 3.05) is 6.61 Å². The number of fused-ring (bicyclic) bond motifs is 3. The van der Waals surface area contributed by atoms with Crippen molar-refractivity contribution in [3.63, 3.8) is 0 Å². The number of carboxylic acids is 1. The molecule has 2 aliphatic rings. The number of ether oxygens (including phenoxy) is 1. The van der Waals surface area contributed by atoms with Crippen LogP contribution in [0, 0.1) is 0 Å². The molecular weight excluding hydrogens is 444 g/mol. The number of hydrogen-bond acceptors (Lipinski definition) is 4. The molecule has 0 heterocycles. The molecular formula is C28H34N2O5. The van der Waals surface area contributed by atoms with Crippen LogP contribution in [0.3, 0.4) is 0 Å². The normalized spacial score (nSPS) is 16.4. The Balaban J connectivity index is 1.34. The van der Waals surface area contributed by atoms with E-state index in [0.29, 0.717) is 19.3 Å². The zero-order valence-corrected chi connectivity index (χ0v) is 20.2. The number of hydrogen-bond donors (Lipinski definition) is 3. The molecule has 0 bridgehead atoms. The fourth-order valence-electron chi connectivity index (χ4n) is 5.27. The lowest BCUT2D eigenvalue weighted by Gasteiger charge is -2.41. The lowest BCUT2D eigenvalue weighted by atomic mass is 9.74. The summed E-state index contributed by atoms with van der Waals surface area (Å²) in [6.07, 6.45) is 4.23. The van der Waals surface area contributed by atoms with Gasteiger partial charge in [0.2, 0.25) is 5.91 Å². The first-order chi connectivity index (χ1) is 16.9. The van der Waals surface area contributed by atoms with E-state index in [2.05, 4.69) is 34.9 Å². The molecule has 7 nitrogen and oxygen atoms in total. The van der Waals surface area contributed by atoms with Crippen molar-refractivity contribution in [1.29, 1.82) is 0 Å². The Labute approximate surface area is 206 Å². The highest BCUT2D eigenvalue weighted by Gasteiger charge is 2.41. The van der Waals surface area contributed by atoms with Gasteiger partial charge in [-0.2, -0.15) is 0 Å². The highest BCUT2D eigenvalue weighted by atomic mass is 16.5. The Morgan fingerprint density at radius 2 is 1.69 bits per heavy atom. The zero-order chi connectivity index (χ0) is 24.8. The van der Waals surface area contributed by atoms with Gasteiger partial charge in [-0.05, 0) is 47.9 Å². The van der Waals surface area contributed by atoms with Gasteiger partial charge in [-0.3, -0.25) is 9.59 Å². The van der Waals surface area contributed by atoms with Crippen LogP contribution >= 0.6 is 0 Å². The smallest absolute Gasteiger partial charge is 0.407 e. The Bertz CT molecular complexity index is 1030. The maximum Gasteiger partial charge on any atom is 0.407 e. The summed E-state index contributed by atoms with van der Waals surface area (Å²) in [7, 11) is 0. The molecule has 7 heteroatoms. The summed E-state index contributed by atoms with van der Waals surface area (Å²) in [4.78, 5) is 36.7. The van der Waals surface area contributed by atoms with Crippen molar-refractivity contribution in [2.45, 2.75) is 75.8 Å². The van der Waals surface area contributed by atoms with Gasteiger partial charge in [-0.15, -0.1) is 0 Å². The summed E-state index contributed by atoms with van der Waals surface area (Å²) in [5, 5.41) is 15.0. The van der Waals surface area contributed by atoms with Crippen LogP contribution in [0.5, 0.6) is 0 Å². The number of nitrogens with one attached hydrogen (secondary N) is 2. The van der Waals surface area contributed by atoms with Crippen LogP contribution in [-0.2, 0) is 14.3 Å². The van der Waals surface area contributed by atoms with Gasteiger partial charge in [0.15, 0.2) is 0 Å². The molecule has 35 heavy (non-hydrogen) atoms. The summed E-state index contributed by atoms with van der Waals surface area (Å²) in [6.45, 7) is 2.25. The Hall–Kier alpha value is -3.35. The minimum atomic E-state index is -0.929. The Morgan fingerprint density at radius 1 is 1.06 bits per heavy atom. The van der Waals surface area contributed by atoms with Crippen LogP contribution in [0.15, 0.2) is 48.5 Å². The van der Waals surface area contributed by atoms with E-state index in [1.54, 1.807) is 0 Å². The van der Waals surface area contributed by atoms with Crippen molar-refractivity contribution in [3.05, 3.63) is 59.7 Å². The van der Waals surface area contributed by atoms with Crippen LogP contribution in [0.25, 0.3) is 11.1 Å².